The molecule has 4 nitrogen and oxygen atoms in total. The Balaban J connectivity index is 1.51. The first-order chi connectivity index (χ1) is 9.17. The van der Waals surface area contributed by atoms with Crippen LogP contribution in [0.2, 0.25) is 0 Å². The fourth-order valence-electron chi connectivity index (χ4n) is 3.49. The Labute approximate surface area is 115 Å². The van der Waals surface area contributed by atoms with Crippen molar-refractivity contribution in [3.63, 3.8) is 0 Å². The van der Waals surface area contributed by atoms with Crippen LogP contribution in [-0.2, 0) is 13.0 Å². The predicted octanol–water partition coefficient (Wildman–Crippen LogP) is 1.28. The maximum atomic E-state index is 4.60. The smallest absolute Gasteiger partial charge is 0.128 e. The number of piperidine rings is 1. The first kappa shape index (κ1) is 13.0. The normalized spacial score (nSPS) is 29.8. The molecule has 19 heavy (non-hydrogen) atoms. The third-order valence-electron chi connectivity index (χ3n) is 4.49. The van der Waals surface area contributed by atoms with Crippen LogP contribution in [0.4, 0.5) is 0 Å². The topological polar surface area (TPSA) is 32.3 Å². The molecule has 1 aliphatic carbocycles. The molecule has 3 rings (SSSR count). The van der Waals surface area contributed by atoms with Crippen molar-refractivity contribution in [2.24, 2.45) is 17.8 Å². The number of aromatic nitrogens is 2. The van der Waals surface area contributed by atoms with E-state index < -0.39 is 0 Å². The first-order valence-corrected chi connectivity index (χ1v) is 7.35. The molecule has 0 amide bonds. The minimum absolute atomic E-state index is 0.921. The number of fused-ring (bicyclic) bond motifs is 1. The monoisotopic (exact) mass is 260 g/mol. The zero-order chi connectivity index (χ0) is 13.4. The Morgan fingerprint density at radius 3 is 2.68 bits per heavy atom. The van der Waals surface area contributed by atoms with Crippen LogP contribution < -0.4 is 0 Å². The first-order valence-electron chi connectivity index (χ1n) is 7.35. The predicted molar refractivity (Wildman–Crippen MR) is 75.7 cm³/mol. The molecule has 2 heterocycles. The number of rotatable bonds is 5. The van der Waals surface area contributed by atoms with E-state index >= 15 is 0 Å². The van der Waals surface area contributed by atoms with E-state index in [2.05, 4.69) is 46.9 Å². The molecule has 2 fully saturated rings. The lowest BCUT2D eigenvalue weighted by atomic mass is 10.2. The summed E-state index contributed by atoms with van der Waals surface area (Å²) < 4.78 is 0. The van der Waals surface area contributed by atoms with Gasteiger partial charge < -0.3 is 4.90 Å². The van der Waals surface area contributed by atoms with Crippen LogP contribution >= 0.6 is 0 Å². The molecule has 1 aliphatic heterocycles. The van der Waals surface area contributed by atoms with Gasteiger partial charge in [-0.15, -0.1) is 0 Å². The van der Waals surface area contributed by atoms with E-state index in [-0.39, 0.29) is 0 Å². The molecule has 1 saturated heterocycles. The average Bonchev–Trinajstić information content (AvgIpc) is 2.85. The summed E-state index contributed by atoms with van der Waals surface area (Å²) in [4.78, 5) is 13.8. The Kier molecular flexibility index (Phi) is 3.54. The molecule has 1 aromatic rings. The number of likely N-dealkylation sites (tertiary alicyclic amines) is 1. The lowest BCUT2D eigenvalue weighted by Gasteiger charge is -2.20. The Bertz CT molecular complexity index is 434. The molecule has 1 saturated carbocycles. The Hall–Kier alpha value is -1.00. The van der Waals surface area contributed by atoms with Gasteiger partial charge in [0.15, 0.2) is 0 Å². The summed E-state index contributed by atoms with van der Waals surface area (Å²) in [6.07, 6.45) is 2.82. The Morgan fingerprint density at radius 1 is 1.32 bits per heavy atom. The Morgan fingerprint density at radius 2 is 2.05 bits per heavy atom. The third kappa shape index (κ3) is 2.79. The van der Waals surface area contributed by atoms with E-state index in [4.69, 9.17) is 0 Å². The largest absolute Gasteiger partial charge is 0.309 e. The highest BCUT2D eigenvalue weighted by molar-refractivity contribution is 5.08. The van der Waals surface area contributed by atoms with Crippen molar-refractivity contribution in [2.45, 2.75) is 19.9 Å². The second-order valence-electron chi connectivity index (χ2n) is 6.27. The molecule has 0 radical (unpaired) electrons. The summed E-state index contributed by atoms with van der Waals surface area (Å²) in [6, 6.07) is 2.06. The van der Waals surface area contributed by atoms with Crippen molar-refractivity contribution in [3.8, 4) is 0 Å². The summed E-state index contributed by atoms with van der Waals surface area (Å²) >= 11 is 0. The van der Waals surface area contributed by atoms with Gasteiger partial charge in [0, 0.05) is 38.8 Å². The molecule has 0 bridgehead atoms. The maximum Gasteiger partial charge on any atom is 0.128 e. The molecular formula is C15H24N4. The van der Waals surface area contributed by atoms with Crippen molar-refractivity contribution in [1.29, 1.82) is 0 Å². The van der Waals surface area contributed by atoms with E-state index in [1.165, 1.54) is 25.3 Å². The van der Waals surface area contributed by atoms with Crippen molar-refractivity contribution < 1.29 is 0 Å². The molecule has 0 N–H and O–H groups in total. The highest BCUT2D eigenvalue weighted by atomic mass is 15.2. The van der Waals surface area contributed by atoms with Gasteiger partial charge >= 0.3 is 0 Å². The van der Waals surface area contributed by atoms with Gasteiger partial charge in [-0.1, -0.05) is 6.92 Å². The van der Waals surface area contributed by atoms with Crippen molar-refractivity contribution >= 4 is 0 Å². The lowest BCUT2D eigenvalue weighted by molar-refractivity contribution is 0.255. The van der Waals surface area contributed by atoms with E-state index in [9.17, 15) is 0 Å². The van der Waals surface area contributed by atoms with Gasteiger partial charge in [0.05, 0.1) is 5.69 Å². The number of aryl methyl sites for hydroxylation is 1. The van der Waals surface area contributed by atoms with Gasteiger partial charge in [0.1, 0.15) is 5.82 Å². The zero-order valence-corrected chi connectivity index (χ0v) is 12.2. The van der Waals surface area contributed by atoms with Crippen molar-refractivity contribution in [3.05, 3.63) is 23.8 Å². The van der Waals surface area contributed by atoms with Gasteiger partial charge in [-0.05, 0) is 37.9 Å². The molecule has 2 aliphatic rings. The van der Waals surface area contributed by atoms with E-state index in [1.54, 1.807) is 0 Å². The quantitative estimate of drug-likeness (QED) is 0.798. The molecule has 0 aromatic carbocycles. The third-order valence-corrected chi connectivity index (χ3v) is 4.49. The second kappa shape index (κ2) is 5.17. The molecule has 4 heteroatoms. The van der Waals surface area contributed by atoms with Gasteiger partial charge in [-0.3, -0.25) is 4.90 Å². The minimum atomic E-state index is 0.921. The van der Waals surface area contributed by atoms with Crippen LogP contribution in [0.15, 0.2) is 12.3 Å². The molecule has 104 valence electrons. The summed E-state index contributed by atoms with van der Waals surface area (Å²) in [6.45, 7) is 6.88. The van der Waals surface area contributed by atoms with Gasteiger partial charge in [-0.2, -0.15) is 0 Å². The summed E-state index contributed by atoms with van der Waals surface area (Å²) in [7, 11) is 4.36. The number of hydrogen-bond acceptors (Lipinski definition) is 4. The molecule has 0 spiro atoms. The molecular weight excluding hydrogens is 236 g/mol. The summed E-state index contributed by atoms with van der Waals surface area (Å²) in [5.74, 6) is 3.79. The fourth-order valence-corrected chi connectivity index (χ4v) is 3.49. The average molecular weight is 260 g/mol. The molecule has 3 atom stereocenters. The lowest BCUT2D eigenvalue weighted by Crippen LogP contribution is -2.27. The van der Waals surface area contributed by atoms with E-state index in [0.29, 0.717) is 0 Å². The molecule has 1 unspecified atom stereocenters. The van der Waals surface area contributed by atoms with Crippen molar-refractivity contribution in [2.75, 3.05) is 33.7 Å². The van der Waals surface area contributed by atoms with Crippen LogP contribution in [-0.4, -0.2) is 53.5 Å². The van der Waals surface area contributed by atoms with Crippen LogP contribution in [0.25, 0.3) is 0 Å². The second-order valence-corrected chi connectivity index (χ2v) is 6.27. The van der Waals surface area contributed by atoms with E-state index in [0.717, 1.165) is 36.5 Å². The van der Waals surface area contributed by atoms with Crippen LogP contribution in [0.5, 0.6) is 0 Å². The van der Waals surface area contributed by atoms with Gasteiger partial charge in [0.2, 0.25) is 0 Å². The van der Waals surface area contributed by atoms with Crippen molar-refractivity contribution in [1.82, 2.24) is 19.8 Å². The fraction of sp³-hybridized carbons (Fsp3) is 0.733. The van der Waals surface area contributed by atoms with Crippen LogP contribution in [0.1, 0.15) is 18.4 Å². The van der Waals surface area contributed by atoms with Crippen LogP contribution in [0.3, 0.4) is 0 Å². The minimum Gasteiger partial charge on any atom is -0.309 e. The zero-order valence-electron chi connectivity index (χ0n) is 12.2. The summed E-state index contributed by atoms with van der Waals surface area (Å²) in [5, 5.41) is 0. The SMILES string of the molecule is CCc1nccc(CN2C[C@@H]3C(CN(C)C)[C@@H]3C2)n1. The summed E-state index contributed by atoms with van der Waals surface area (Å²) in [5.41, 5.74) is 1.18. The van der Waals surface area contributed by atoms with Gasteiger partial charge in [-0.25, -0.2) is 9.97 Å². The van der Waals surface area contributed by atoms with E-state index in [1.807, 2.05) is 6.20 Å². The highest BCUT2D eigenvalue weighted by Gasteiger charge is 2.55. The molecule has 1 aromatic heterocycles. The maximum absolute atomic E-state index is 4.60. The van der Waals surface area contributed by atoms with Gasteiger partial charge in [0.25, 0.3) is 0 Å². The standard InChI is InChI=1S/C15H24N4/c1-4-15-16-6-5-11(17-15)7-19-9-13-12(8-18(2)3)14(13)10-19/h5-6,12-14H,4,7-10H2,1-3H3/t12?,13-,14+. The van der Waals surface area contributed by atoms with Crippen LogP contribution in [0, 0.1) is 17.8 Å². The number of nitrogens with zero attached hydrogens (tertiary/aromatic N) is 4. The number of hydrogen-bond donors (Lipinski definition) is 0. The highest BCUT2D eigenvalue weighted by Crippen LogP contribution is 2.51.